The highest BCUT2D eigenvalue weighted by atomic mass is 16.5. The summed E-state index contributed by atoms with van der Waals surface area (Å²) >= 11 is 0. The molecule has 1 saturated heterocycles. The van der Waals surface area contributed by atoms with Crippen molar-refractivity contribution in [2.75, 3.05) is 6.61 Å². The third-order valence-corrected chi connectivity index (χ3v) is 3.90. The molecule has 0 radical (unpaired) electrons. The van der Waals surface area contributed by atoms with Gasteiger partial charge in [-0.05, 0) is 51.4 Å². The van der Waals surface area contributed by atoms with Crippen LogP contribution in [0.5, 0.6) is 0 Å². The van der Waals surface area contributed by atoms with Crippen molar-refractivity contribution in [3.63, 3.8) is 0 Å². The number of nitrogens with one attached hydrogen (secondary N) is 1. The Morgan fingerprint density at radius 1 is 1.27 bits per heavy atom. The van der Waals surface area contributed by atoms with Gasteiger partial charge in [0.15, 0.2) is 0 Å². The van der Waals surface area contributed by atoms with Crippen LogP contribution < -0.4 is 5.32 Å². The standard InChI is InChI=1S/C13H25NO/c1-10(11(2)14-12-6-7-12)5-8-13-4-3-9-15-13/h10-14H,3-9H2,1-2H3. The van der Waals surface area contributed by atoms with Gasteiger partial charge in [-0.25, -0.2) is 0 Å². The van der Waals surface area contributed by atoms with E-state index in [2.05, 4.69) is 19.2 Å². The summed E-state index contributed by atoms with van der Waals surface area (Å²) in [5.74, 6) is 0.787. The van der Waals surface area contributed by atoms with Crippen molar-refractivity contribution in [2.45, 2.75) is 70.6 Å². The summed E-state index contributed by atoms with van der Waals surface area (Å²) < 4.78 is 5.66. The molecule has 1 N–H and O–H groups in total. The molecule has 2 fully saturated rings. The van der Waals surface area contributed by atoms with Crippen LogP contribution in [0.2, 0.25) is 0 Å². The van der Waals surface area contributed by atoms with Crippen LogP contribution in [-0.4, -0.2) is 24.8 Å². The maximum absolute atomic E-state index is 5.66. The zero-order chi connectivity index (χ0) is 10.7. The fourth-order valence-corrected chi connectivity index (χ4v) is 2.36. The van der Waals surface area contributed by atoms with Crippen molar-refractivity contribution in [1.82, 2.24) is 5.32 Å². The normalized spacial score (nSPS) is 30.4. The zero-order valence-corrected chi connectivity index (χ0v) is 10.2. The second-order valence-corrected chi connectivity index (χ2v) is 5.42. The molecule has 15 heavy (non-hydrogen) atoms. The van der Waals surface area contributed by atoms with Gasteiger partial charge in [-0.15, -0.1) is 0 Å². The van der Waals surface area contributed by atoms with Crippen LogP contribution >= 0.6 is 0 Å². The Morgan fingerprint density at radius 3 is 2.67 bits per heavy atom. The van der Waals surface area contributed by atoms with Crippen molar-refractivity contribution in [3.05, 3.63) is 0 Å². The van der Waals surface area contributed by atoms with E-state index < -0.39 is 0 Å². The molecule has 3 unspecified atom stereocenters. The Morgan fingerprint density at radius 2 is 2.07 bits per heavy atom. The van der Waals surface area contributed by atoms with E-state index in [0.717, 1.165) is 18.6 Å². The van der Waals surface area contributed by atoms with E-state index in [4.69, 9.17) is 4.74 Å². The van der Waals surface area contributed by atoms with Gasteiger partial charge in [0, 0.05) is 18.7 Å². The van der Waals surface area contributed by atoms with Gasteiger partial charge in [-0.1, -0.05) is 6.92 Å². The van der Waals surface area contributed by atoms with Crippen molar-refractivity contribution in [3.8, 4) is 0 Å². The van der Waals surface area contributed by atoms with E-state index in [1.165, 1.54) is 38.5 Å². The summed E-state index contributed by atoms with van der Waals surface area (Å²) in [7, 11) is 0. The maximum atomic E-state index is 5.66. The minimum absolute atomic E-state index is 0.570. The lowest BCUT2D eigenvalue weighted by Crippen LogP contribution is -2.34. The molecular formula is C13H25NO. The van der Waals surface area contributed by atoms with Crippen molar-refractivity contribution in [1.29, 1.82) is 0 Å². The minimum atomic E-state index is 0.570. The third-order valence-electron chi connectivity index (χ3n) is 3.90. The lowest BCUT2D eigenvalue weighted by molar-refractivity contribution is 0.0971. The second-order valence-electron chi connectivity index (χ2n) is 5.42. The van der Waals surface area contributed by atoms with E-state index in [1.54, 1.807) is 0 Å². The Hall–Kier alpha value is -0.0800. The van der Waals surface area contributed by atoms with Gasteiger partial charge in [0.05, 0.1) is 6.10 Å². The lowest BCUT2D eigenvalue weighted by Gasteiger charge is -2.22. The molecule has 1 heterocycles. The molecule has 0 amide bonds. The van der Waals surface area contributed by atoms with E-state index in [-0.39, 0.29) is 0 Å². The highest BCUT2D eigenvalue weighted by molar-refractivity contribution is 4.85. The van der Waals surface area contributed by atoms with Gasteiger partial charge < -0.3 is 10.1 Å². The van der Waals surface area contributed by atoms with Gasteiger partial charge in [0.1, 0.15) is 0 Å². The van der Waals surface area contributed by atoms with Gasteiger partial charge >= 0.3 is 0 Å². The zero-order valence-electron chi connectivity index (χ0n) is 10.2. The van der Waals surface area contributed by atoms with E-state index in [9.17, 15) is 0 Å². The summed E-state index contributed by atoms with van der Waals surface area (Å²) in [5.41, 5.74) is 0. The van der Waals surface area contributed by atoms with E-state index >= 15 is 0 Å². The van der Waals surface area contributed by atoms with Gasteiger partial charge in [-0.3, -0.25) is 0 Å². The molecule has 2 nitrogen and oxygen atoms in total. The molecule has 0 bridgehead atoms. The fraction of sp³-hybridized carbons (Fsp3) is 1.00. The summed E-state index contributed by atoms with van der Waals surface area (Å²) in [6.45, 7) is 5.70. The monoisotopic (exact) mass is 211 g/mol. The Kier molecular flexibility index (Phi) is 4.04. The molecule has 2 heteroatoms. The Labute approximate surface area is 93.8 Å². The molecule has 0 aromatic rings. The first-order valence-corrected chi connectivity index (χ1v) is 6.63. The van der Waals surface area contributed by atoms with Crippen LogP contribution in [0.3, 0.4) is 0 Å². The lowest BCUT2D eigenvalue weighted by atomic mass is 9.95. The van der Waals surface area contributed by atoms with Crippen LogP contribution in [0.4, 0.5) is 0 Å². The molecule has 0 aromatic carbocycles. The number of hydrogen-bond donors (Lipinski definition) is 1. The van der Waals surface area contributed by atoms with Crippen molar-refractivity contribution < 1.29 is 4.74 Å². The smallest absolute Gasteiger partial charge is 0.0576 e. The average molecular weight is 211 g/mol. The molecule has 88 valence electrons. The quantitative estimate of drug-likeness (QED) is 0.729. The first-order valence-electron chi connectivity index (χ1n) is 6.63. The largest absolute Gasteiger partial charge is 0.378 e. The summed E-state index contributed by atoms with van der Waals surface area (Å²) in [5, 5.41) is 3.69. The fourth-order valence-electron chi connectivity index (χ4n) is 2.36. The highest BCUT2D eigenvalue weighted by Gasteiger charge is 2.25. The highest BCUT2D eigenvalue weighted by Crippen LogP contribution is 2.24. The number of ether oxygens (including phenoxy) is 1. The van der Waals surface area contributed by atoms with E-state index in [1.807, 2.05) is 0 Å². The van der Waals surface area contributed by atoms with Crippen LogP contribution in [0, 0.1) is 5.92 Å². The molecule has 2 aliphatic rings. The maximum Gasteiger partial charge on any atom is 0.0576 e. The summed E-state index contributed by atoms with van der Waals surface area (Å²) in [4.78, 5) is 0. The number of rotatable bonds is 6. The molecule has 0 aromatic heterocycles. The summed E-state index contributed by atoms with van der Waals surface area (Å²) in [6.07, 6.45) is 8.49. The first kappa shape index (κ1) is 11.4. The van der Waals surface area contributed by atoms with Crippen LogP contribution in [0.15, 0.2) is 0 Å². The topological polar surface area (TPSA) is 21.3 Å². The third kappa shape index (κ3) is 3.76. The van der Waals surface area contributed by atoms with Gasteiger partial charge in [0.25, 0.3) is 0 Å². The minimum Gasteiger partial charge on any atom is -0.378 e. The number of hydrogen-bond acceptors (Lipinski definition) is 2. The van der Waals surface area contributed by atoms with E-state index in [0.29, 0.717) is 12.1 Å². The molecule has 3 atom stereocenters. The average Bonchev–Trinajstić information content (AvgIpc) is 2.88. The van der Waals surface area contributed by atoms with Gasteiger partial charge in [0.2, 0.25) is 0 Å². The van der Waals surface area contributed by atoms with Crippen LogP contribution in [-0.2, 0) is 4.74 Å². The predicted molar refractivity (Wildman–Crippen MR) is 63.0 cm³/mol. The first-order chi connectivity index (χ1) is 7.25. The van der Waals surface area contributed by atoms with Crippen LogP contribution in [0.25, 0.3) is 0 Å². The Bertz CT molecular complexity index is 185. The van der Waals surface area contributed by atoms with Gasteiger partial charge in [-0.2, -0.15) is 0 Å². The van der Waals surface area contributed by atoms with Crippen molar-refractivity contribution >= 4 is 0 Å². The predicted octanol–water partition coefficient (Wildman–Crippen LogP) is 2.72. The molecule has 2 rings (SSSR count). The molecule has 1 aliphatic carbocycles. The second kappa shape index (κ2) is 5.31. The molecular weight excluding hydrogens is 186 g/mol. The summed E-state index contributed by atoms with van der Waals surface area (Å²) in [6, 6.07) is 1.52. The Balaban J connectivity index is 1.59. The SMILES string of the molecule is CC(CCC1CCCO1)C(C)NC1CC1. The molecule has 1 aliphatic heterocycles. The molecule has 0 spiro atoms. The van der Waals surface area contributed by atoms with Crippen molar-refractivity contribution in [2.24, 2.45) is 5.92 Å². The van der Waals surface area contributed by atoms with Crippen LogP contribution in [0.1, 0.15) is 52.4 Å². The molecule has 1 saturated carbocycles.